The second-order valence-corrected chi connectivity index (χ2v) is 5.45. The third-order valence-electron chi connectivity index (χ3n) is 3.09. The molecule has 0 atom stereocenters. The van der Waals surface area contributed by atoms with Crippen LogP contribution in [0, 0.1) is 0 Å². The first-order valence-corrected chi connectivity index (χ1v) is 6.94. The molecule has 0 bridgehead atoms. The summed E-state index contributed by atoms with van der Waals surface area (Å²) in [6.07, 6.45) is 2.48. The van der Waals surface area contributed by atoms with Crippen molar-refractivity contribution in [2.24, 2.45) is 5.73 Å². The monoisotopic (exact) mass is 301 g/mol. The zero-order valence-corrected chi connectivity index (χ0v) is 12.2. The Balaban J connectivity index is 2.23. The second-order valence-electron chi connectivity index (χ2n) is 4.49. The molecule has 5 heteroatoms. The van der Waals surface area contributed by atoms with Gasteiger partial charge in [-0.3, -0.25) is 0 Å². The highest BCUT2D eigenvalue weighted by Gasteiger charge is 2.14. The summed E-state index contributed by atoms with van der Waals surface area (Å²) in [6, 6.07) is 13.5. The number of imidazole rings is 1. The average Bonchev–Trinajstić information content (AvgIpc) is 2.78. The molecule has 2 heterocycles. The highest BCUT2D eigenvalue weighted by atomic mass is 35.5. The van der Waals surface area contributed by atoms with E-state index in [0.29, 0.717) is 16.4 Å². The van der Waals surface area contributed by atoms with Crippen molar-refractivity contribution in [3.05, 3.63) is 59.4 Å². The third kappa shape index (κ3) is 2.40. The standard InChI is InChI=1S/C15H12ClN3S/c16-11-6-4-10(5-7-11)15-12(9-13(17)20)19-8-2-1-3-14(19)18-15/h1-8H,9H2,(H2,17,20). The molecule has 0 saturated heterocycles. The van der Waals surface area contributed by atoms with Gasteiger partial charge in [0.2, 0.25) is 0 Å². The van der Waals surface area contributed by atoms with E-state index in [4.69, 9.17) is 29.6 Å². The van der Waals surface area contributed by atoms with Crippen LogP contribution in [0.25, 0.3) is 16.9 Å². The minimum atomic E-state index is 0.450. The molecule has 0 saturated carbocycles. The molecule has 1 aromatic carbocycles. The van der Waals surface area contributed by atoms with Crippen LogP contribution in [0.15, 0.2) is 48.7 Å². The van der Waals surface area contributed by atoms with E-state index in [1.807, 2.05) is 53.1 Å². The summed E-state index contributed by atoms with van der Waals surface area (Å²) in [5.74, 6) is 0. The van der Waals surface area contributed by atoms with E-state index < -0.39 is 0 Å². The highest BCUT2D eigenvalue weighted by Crippen LogP contribution is 2.26. The van der Waals surface area contributed by atoms with Gasteiger partial charge in [-0.2, -0.15) is 0 Å². The molecule has 0 aliphatic heterocycles. The van der Waals surface area contributed by atoms with Crippen molar-refractivity contribution >= 4 is 34.5 Å². The molecule has 100 valence electrons. The lowest BCUT2D eigenvalue weighted by atomic mass is 10.1. The molecule has 0 aliphatic rings. The van der Waals surface area contributed by atoms with Crippen LogP contribution in [-0.4, -0.2) is 14.4 Å². The fourth-order valence-corrected chi connectivity index (χ4v) is 2.48. The van der Waals surface area contributed by atoms with Crippen LogP contribution in [0.5, 0.6) is 0 Å². The van der Waals surface area contributed by atoms with Crippen LogP contribution in [0.4, 0.5) is 0 Å². The number of nitrogens with two attached hydrogens (primary N) is 1. The van der Waals surface area contributed by atoms with Crippen LogP contribution in [0.1, 0.15) is 5.69 Å². The van der Waals surface area contributed by atoms with Crippen molar-refractivity contribution in [3.8, 4) is 11.3 Å². The van der Waals surface area contributed by atoms with E-state index in [1.54, 1.807) is 0 Å². The Kier molecular flexibility index (Phi) is 3.42. The summed E-state index contributed by atoms with van der Waals surface area (Å²) < 4.78 is 2.02. The molecular weight excluding hydrogens is 290 g/mol. The van der Waals surface area contributed by atoms with Crippen LogP contribution in [0.3, 0.4) is 0 Å². The van der Waals surface area contributed by atoms with Gasteiger partial charge in [-0.05, 0) is 24.3 Å². The first-order chi connectivity index (χ1) is 9.65. The Hall–Kier alpha value is -1.91. The number of fused-ring (bicyclic) bond motifs is 1. The fraction of sp³-hybridized carbons (Fsp3) is 0.0667. The van der Waals surface area contributed by atoms with Gasteiger partial charge in [-0.15, -0.1) is 0 Å². The number of hydrogen-bond donors (Lipinski definition) is 1. The van der Waals surface area contributed by atoms with Gasteiger partial charge in [-0.1, -0.05) is 42.0 Å². The Labute approximate surface area is 127 Å². The van der Waals surface area contributed by atoms with Crippen LogP contribution >= 0.6 is 23.8 Å². The first-order valence-electron chi connectivity index (χ1n) is 6.15. The maximum atomic E-state index is 5.94. The number of benzene rings is 1. The summed E-state index contributed by atoms with van der Waals surface area (Å²) >= 11 is 11.0. The van der Waals surface area contributed by atoms with Crippen molar-refractivity contribution in [2.45, 2.75) is 6.42 Å². The van der Waals surface area contributed by atoms with Crippen LogP contribution < -0.4 is 5.73 Å². The molecule has 3 nitrogen and oxygen atoms in total. The SMILES string of the molecule is NC(=S)Cc1c(-c2ccc(Cl)cc2)nc2ccccn12. The summed E-state index contributed by atoms with van der Waals surface area (Å²) in [5, 5.41) is 0.702. The minimum Gasteiger partial charge on any atom is -0.393 e. The number of pyridine rings is 1. The molecule has 0 fully saturated rings. The summed E-state index contributed by atoms with van der Waals surface area (Å²) in [4.78, 5) is 5.12. The quantitative estimate of drug-likeness (QED) is 0.753. The Morgan fingerprint density at radius 2 is 1.95 bits per heavy atom. The number of hydrogen-bond acceptors (Lipinski definition) is 2. The minimum absolute atomic E-state index is 0.450. The predicted octanol–water partition coefficient (Wildman–Crippen LogP) is 3.48. The maximum absolute atomic E-state index is 5.94. The lowest BCUT2D eigenvalue weighted by Gasteiger charge is -2.04. The number of rotatable bonds is 3. The molecule has 0 radical (unpaired) electrons. The molecule has 2 N–H and O–H groups in total. The van der Waals surface area contributed by atoms with Crippen molar-refractivity contribution in [1.29, 1.82) is 0 Å². The summed E-state index contributed by atoms with van der Waals surface area (Å²) in [5.41, 5.74) is 9.48. The van der Waals surface area contributed by atoms with E-state index in [-0.39, 0.29) is 0 Å². The normalized spacial score (nSPS) is 10.8. The fourth-order valence-electron chi connectivity index (χ4n) is 2.22. The summed E-state index contributed by atoms with van der Waals surface area (Å²) in [7, 11) is 0. The smallest absolute Gasteiger partial charge is 0.137 e. The van der Waals surface area contributed by atoms with Crippen molar-refractivity contribution in [2.75, 3.05) is 0 Å². The van der Waals surface area contributed by atoms with Crippen molar-refractivity contribution < 1.29 is 0 Å². The van der Waals surface area contributed by atoms with E-state index >= 15 is 0 Å². The molecule has 0 aliphatic carbocycles. The van der Waals surface area contributed by atoms with Gasteiger partial charge in [0, 0.05) is 23.2 Å². The number of nitrogens with zero attached hydrogens (tertiary/aromatic N) is 2. The molecule has 3 rings (SSSR count). The molecule has 3 aromatic rings. The highest BCUT2D eigenvalue weighted by molar-refractivity contribution is 7.80. The molecule has 0 amide bonds. The van der Waals surface area contributed by atoms with Gasteiger partial charge in [0.1, 0.15) is 5.65 Å². The van der Waals surface area contributed by atoms with Gasteiger partial charge in [0.25, 0.3) is 0 Å². The van der Waals surface area contributed by atoms with Gasteiger partial charge >= 0.3 is 0 Å². The molecular formula is C15H12ClN3S. The Bertz CT molecular complexity index is 777. The first kappa shape index (κ1) is 13.1. The predicted molar refractivity (Wildman–Crippen MR) is 86.1 cm³/mol. The third-order valence-corrected chi connectivity index (χ3v) is 3.48. The maximum Gasteiger partial charge on any atom is 0.137 e. The molecule has 0 unspecified atom stereocenters. The van der Waals surface area contributed by atoms with Gasteiger partial charge in [0.15, 0.2) is 0 Å². The van der Waals surface area contributed by atoms with Gasteiger partial charge < -0.3 is 10.1 Å². The molecule has 2 aromatic heterocycles. The lowest BCUT2D eigenvalue weighted by molar-refractivity contribution is 1.07. The zero-order valence-electron chi connectivity index (χ0n) is 10.6. The Morgan fingerprint density at radius 3 is 2.65 bits per heavy atom. The second kappa shape index (κ2) is 5.23. The van der Waals surface area contributed by atoms with Crippen molar-refractivity contribution in [1.82, 2.24) is 9.38 Å². The van der Waals surface area contributed by atoms with Crippen LogP contribution in [-0.2, 0) is 6.42 Å². The largest absolute Gasteiger partial charge is 0.393 e. The van der Waals surface area contributed by atoms with E-state index in [2.05, 4.69) is 4.98 Å². The van der Waals surface area contributed by atoms with Crippen LogP contribution in [0.2, 0.25) is 5.02 Å². The van der Waals surface area contributed by atoms with Gasteiger partial charge in [-0.25, -0.2) is 4.98 Å². The number of aromatic nitrogens is 2. The molecule has 20 heavy (non-hydrogen) atoms. The van der Waals surface area contributed by atoms with Crippen molar-refractivity contribution in [3.63, 3.8) is 0 Å². The Morgan fingerprint density at radius 1 is 1.20 bits per heavy atom. The summed E-state index contributed by atoms with van der Waals surface area (Å²) in [6.45, 7) is 0. The number of halogens is 1. The number of thiocarbonyl (C=S) groups is 1. The average molecular weight is 302 g/mol. The topological polar surface area (TPSA) is 43.3 Å². The van der Waals surface area contributed by atoms with E-state index in [1.165, 1.54) is 0 Å². The van der Waals surface area contributed by atoms with E-state index in [9.17, 15) is 0 Å². The lowest BCUT2D eigenvalue weighted by Crippen LogP contribution is -2.13. The van der Waals surface area contributed by atoms with E-state index in [0.717, 1.165) is 22.6 Å². The van der Waals surface area contributed by atoms with Gasteiger partial charge in [0.05, 0.1) is 16.4 Å². The molecule has 0 spiro atoms. The zero-order chi connectivity index (χ0) is 14.1.